The van der Waals surface area contributed by atoms with Crippen LogP contribution in [0.3, 0.4) is 0 Å². The van der Waals surface area contributed by atoms with Gasteiger partial charge in [0.25, 0.3) is 0 Å². The molecule has 0 spiro atoms. The maximum Gasteiger partial charge on any atom is 0.166 e. The van der Waals surface area contributed by atoms with Gasteiger partial charge in [0.15, 0.2) is 11.6 Å². The Balaban J connectivity index is 1.66. The van der Waals surface area contributed by atoms with Crippen LogP contribution >= 0.6 is 15.9 Å². The van der Waals surface area contributed by atoms with Gasteiger partial charge in [-0.25, -0.2) is 19.3 Å². The van der Waals surface area contributed by atoms with E-state index >= 15 is 0 Å². The summed E-state index contributed by atoms with van der Waals surface area (Å²) in [5, 5.41) is 0. The van der Waals surface area contributed by atoms with Gasteiger partial charge < -0.3 is 9.80 Å². The zero-order chi connectivity index (χ0) is 16.4. The Bertz CT molecular complexity index is 688. The lowest BCUT2D eigenvalue weighted by Gasteiger charge is -2.37. The molecule has 0 aliphatic carbocycles. The first-order chi connectivity index (χ1) is 11.0. The molecule has 0 saturated carbocycles. The lowest BCUT2D eigenvalue weighted by atomic mass is 10.0. The molecule has 7 heteroatoms. The van der Waals surface area contributed by atoms with Crippen LogP contribution in [0.25, 0.3) is 0 Å². The van der Waals surface area contributed by atoms with Crippen molar-refractivity contribution in [3.63, 3.8) is 0 Å². The predicted octanol–water partition coefficient (Wildman–Crippen LogP) is 3.19. The quantitative estimate of drug-likeness (QED) is 0.819. The number of pyridine rings is 1. The Kier molecular flexibility index (Phi) is 4.75. The molecule has 0 amide bonds. The van der Waals surface area contributed by atoms with Crippen molar-refractivity contribution in [1.29, 1.82) is 0 Å². The summed E-state index contributed by atoms with van der Waals surface area (Å²) in [5.74, 6) is 1.09. The Labute approximate surface area is 143 Å². The normalized spacial score (nSPS) is 15.7. The first kappa shape index (κ1) is 16.1. The summed E-state index contributed by atoms with van der Waals surface area (Å²) in [6, 6.07) is 3.84. The smallest absolute Gasteiger partial charge is 0.166 e. The van der Waals surface area contributed by atoms with E-state index in [4.69, 9.17) is 0 Å². The average molecular weight is 380 g/mol. The van der Waals surface area contributed by atoms with E-state index in [9.17, 15) is 4.39 Å². The lowest BCUT2D eigenvalue weighted by molar-refractivity contribution is 0.471. The molecule has 3 heterocycles. The summed E-state index contributed by atoms with van der Waals surface area (Å²) in [6.45, 7) is 3.53. The molecule has 1 saturated heterocycles. The van der Waals surface area contributed by atoms with Gasteiger partial charge in [0.1, 0.15) is 12.1 Å². The van der Waals surface area contributed by atoms with E-state index in [1.54, 1.807) is 12.5 Å². The SMILES string of the molecule is Cc1cc(N(C)C2CCN(c3ncc(Br)cc3F)CC2)ncn1. The van der Waals surface area contributed by atoms with Gasteiger partial charge in [-0.15, -0.1) is 0 Å². The average Bonchev–Trinajstić information content (AvgIpc) is 2.54. The van der Waals surface area contributed by atoms with E-state index < -0.39 is 0 Å². The topological polar surface area (TPSA) is 45.2 Å². The van der Waals surface area contributed by atoms with E-state index in [1.165, 1.54) is 6.07 Å². The number of rotatable bonds is 3. The van der Waals surface area contributed by atoms with Gasteiger partial charge in [0.2, 0.25) is 0 Å². The summed E-state index contributed by atoms with van der Waals surface area (Å²) in [7, 11) is 2.06. The van der Waals surface area contributed by atoms with Gasteiger partial charge >= 0.3 is 0 Å². The van der Waals surface area contributed by atoms with Crippen LogP contribution in [0.5, 0.6) is 0 Å². The number of aromatic nitrogens is 3. The largest absolute Gasteiger partial charge is 0.356 e. The van der Waals surface area contributed by atoms with Crippen molar-refractivity contribution in [3.05, 3.63) is 40.6 Å². The van der Waals surface area contributed by atoms with Gasteiger partial charge in [0.05, 0.1) is 0 Å². The number of hydrogen-bond donors (Lipinski definition) is 0. The fraction of sp³-hybridized carbons (Fsp3) is 0.438. The van der Waals surface area contributed by atoms with Crippen LogP contribution in [0.4, 0.5) is 16.0 Å². The van der Waals surface area contributed by atoms with Crippen molar-refractivity contribution in [2.75, 3.05) is 29.9 Å². The highest BCUT2D eigenvalue weighted by Gasteiger charge is 2.25. The molecule has 122 valence electrons. The van der Waals surface area contributed by atoms with Crippen molar-refractivity contribution >= 4 is 27.6 Å². The first-order valence-electron chi connectivity index (χ1n) is 7.62. The van der Waals surface area contributed by atoms with Crippen LogP contribution in [0.1, 0.15) is 18.5 Å². The number of nitrogens with zero attached hydrogens (tertiary/aromatic N) is 5. The monoisotopic (exact) mass is 379 g/mol. The molecule has 1 aliphatic heterocycles. The highest BCUT2D eigenvalue weighted by molar-refractivity contribution is 9.10. The minimum Gasteiger partial charge on any atom is -0.356 e. The minimum absolute atomic E-state index is 0.280. The Hall–Kier alpha value is -1.76. The van der Waals surface area contributed by atoms with Gasteiger partial charge in [-0.3, -0.25) is 0 Å². The van der Waals surface area contributed by atoms with Crippen LogP contribution in [-0.4, -0.2) is 41.1 Å². The van der Waals surface area contributed by atoms with Crippen molar-refractivity contribution in [3.8, 4) is 0 Å². The van der Waals surface area contributed by atoms with Crippen LogP contribution in [0, 0.1) is 12.7 Å². The molecule has 3 rings (SSSR count). The zero-order valence-corrected chi connectivity index (χ0v) is 14.8. The van der Waals surface area contributed by atoms with Gasteiger partial charge in [0, 0.05) is 48.6 Å². The predicted molar refractivity (Wildman–Crippen MR) is 92.3 cm³/mol. The highest BCUT2D eigenvalue weighted by Crippen LogP contribution is 2.26. The Morgan fingerprint density at radius 1 is 1.22 bits per heavy atom. The number of halogens is 2. The number of piperidine rings is 1. The maximum absolute atomic E-state index is 14.0. The minimum atomic E-state index is -0.280. The van der Waals surface area contributed by atoms with E-state index in [1.807, 2.05) is 17.9 Å². The number of hydrogen-bond acceptors (Lipinski definition) is 5. The molecule has 2 aromatic rings. The molecule has 1 aliphatic rings. The number of anilines is 2. The van der Waals surface area contributed by atoms with E-state index in [0.717, 1.165) is 37.4 Å². The maximum atomic E-state index is 14.0. The van der Waals surface area contributed by atoms with Crippen LogP contribution in [0.15, 0.2) is 29.1 Å². The third-order valence-corrected chi connectivity index (χ3v) is 4.68. The third-order valence-electron chi connectivity index (χ3n) is 4.25. The summed E-state index contributed by atoms with van der Waals surface area (Å²) < 4.78 is 14.7. The van der Waals surface area contributed by atoms with Gasteiger partial charge in [-0.2, -0.15) is 0 Å². The molecule has 0 N–H and O–H groups in total. The second kappa shape index (κ2) is 6.78. The van der Waals surface area contributed by atoms with Crippen molar-refractivity contribution in [2.24, 2.45) is 0 Å². The Morgan fingerprint density at radius 3 is 2.61 bits per heavy atom. The molecular formula is C16H19BrFN5. The molecule has 23 heavy (non-hydrogen) atoms. The molecule has 0 aromatic carbocycles. The third kappa shape index (κ3) is 3.60. The van der Waals surface area contributed by atoms with Crippen molar-refractivity contribution in [2.45, 2.75) is 25.8 Å². The zero-order valence-electron chi connectivity index (χ0n) is 13.2. The summed E-state index contributed by atoms with van der Waals surface area (Å²) in [4.78, 5) is 16.9. The van der Waals surface area contributed by atoms with Gasteiger partial charge in [-0.1, -0.05) is 0 Å². The summed E-state index contributed by atoms with van der Waals surface area (Å²) >= 11 is 3.24. The second-order valence-electron chi connectivity index (χ2n) is 5.81. The van der Waals surface area contributed by atoms with Gasteiger partial charge in [-0.05, 0) is 41.8 Å². The van der Waals surface area contributed by atoms with E-state index in [2.05, 4.69) is 42.8 Å². The Morgan fingerprint density at radius 2 is 1.96 bits per heavy atom. The van der Waals surface area contributed by atoms with Crippen LogP contribution in [-0.2, 0) is 0 Å². The molecule has 1 fully saturated rings. The standard InChI is InChI=1S/C16H19BrFN5/c1-11-7-15(21-10-20-11)22(2)13-3-5-23(6-4-13)16-14(18)8-12(17)9-19-16/h7-10,13H,3-6H2,1-2H3. The molecule has 5 nitrogen and oxygen atoms in total. The molecule has 0 bridgehead atoms. The van der Waals surface area contributed by atoms with Crippen molar-refractivity contribution < 1.29 is 4.39 Å². The molecular weight excluding hydrogens is 361 g/mol. The summed E-state index contributed by atoms with van der Waals surface area (Å²) in [5.41, 5.74) is 0.959. The van der Waals surface area contributed by atoms with Crippen LogP contribution in [0.2, 0.25) is 0 Å². The van der Waals surface area contributed by atoms with Crippen molar-refractivity contribution in [1.82, 2.24) is 15.0 Å². The van der Waals surface area contributed by atoms with Crippen LogP contribution < -0.4 is 9.80 Å². The fourth-order valence-corrected chi connectivity index (χ4v) is 3.23. The molecule has 0 unspecified atom stereocenters. The molecule has 0 radical (unpaired) electrons. The van der Waals surface area contributed by atoms with E-state index in [0.29, 0.717) is 16.3 Å². The lowest BCUT2D eigenvalue weighted by Crippen LogP contribution is -2.44. The second-order valence-corrected chi connectivity index (χ2v) is 6.72. The van der Waals surface area contributed by atoms with E-state index in [-0.39, 0.29) is 5.82 Å². The molecule has 2 aromatic heterocycles. The first-order valence-corrected chi connectivity index (χ1v) is 8.41. The summed E-state index contributed by atoms with van der Waals surface area (Å²) in [6.07, 6.45) is 5.12. The number of aryl methyl sites for hydroxylation is 1. The fourth-order valence-electron chi connectivity index (χ4n) is 2.93. The molecule has 0 atom stereocenters. The highest BCUT2D eigenvalue weighted by atomic mass is 79.9.